The molecule has 1 aromatic rings. The summed E-state index contributed by atoms with van der Waals surface area (Å²) in [6, 6.07) is 4.94. The summed E-state index contributed by atoms with van der Waals surface area (Å²) in [5.74, 6) is -0.838. The molecule has 1 aromatic carbocycles. The number of nitrogens with one attached hydrogen (secondary N) is 1. The summed E-state index contributed by atoms with van der Waals surface area (Å²) < 4.78 is 0. The number of aliphatic carboxylic acids is 1. The second kappa shape index (κ2) is 5.24. The molecule has 0 aliphatic heterocycles. The first-order valence-electron chi connectivity index (χ1n) is 4.42. The summed E-state index contributed by atoms with van der Waals surface area (Å²) in [6.07, 6.45) is 0.0558. The standard InChI is InChI=1S/C10H11Cl2NO2/c1-6(4-10(14)15)13-7-2-3-8(11)9(12)5-7/h2-3,5-6,13H,4H2,1H3,(H,14,15)/t6-/m1/s1. The van der Waals surface area contributed by atoms with Crippen LogP contribution in [0.4, 0.5) is 5.69 Å². The van der Waals surface area contributed by atoms with Gasteiger partial charge >= 0.3 is 5.97 Å². The molecule has 82 valence electrons. The van der Waals surface area contributed by atoms with Gasteiger partial charge in [0.1, 0.15) is 0 Å². The highest BCUT2D eigenvalue weighted by molar-refractivity contribution is 6.42. The zero-order valence-corrected chi connectivity index (χ0v) is 9.64. The lowest BCUT2D eigenvalue weighted by atomic mass is 10.2. The average Bonchev–Trinajstić information content (AvgIpc) is 2.10. The maximum atomic E-state index is 10.4. The van der Waals surface area contributed by atoms with E-state index in [2.05, 4.69) is 5.32 Å². The van der Waals surface area contributed by atoms with Crippen LogP contribution in [0, 0.1) is 0 Å². The van der Waals surface area contributed by atoms with Crippen molar-refractivity contribution < 1.29 is 9.90 Å². The number of carboxylic acids is 1. The molecule has 5 heteroatoms. The van der Waals surface area contributed by atoms with E-state index in [1.54, 1.807) is 25.1 Å². The molecule has 0 bridgehead atoms. The summed E-state index contributed by atoms with van der Waals surface area (Å²) in [4.78, 5) is 10.4. The van der Waals surface area contributed by atoms with E-state index in [4.69, 9.17) is 28.3 Å². The van der Waals surface area contributed by atoms with Crippen molar-refractivity contribution in [2.24, 2.45) is 0 Å². The van der Waals surface area contributed by atoms with E-state index in [9.17, 15) is 4.79 Å². The lowest BCUT2D eigenvalue weighted by Gasteiger charge is -2.13. The van der Waals surface area contributed by atoms with Gasteiger partial charge in [-0.25, -0.2) is 0 Å². The Labute approximate surface area is 98.0 Å². The van der Waals surface area contributed by atoms with Crippen molar-refractivity contribution in [2.75, 3.05) is 5.32 Å². The molecule has 0 heterocycles. The average molecular weight is 248 g/mol. The molecular formula is C10H11Cl2NO2. The van der Waals surface area contributed by atoms with E-state index in [0.29, 0.717) is 10.0 Å². The van der Waals surface area contributed by atoms with Crippen LogP contribution in [0.25, 0.3) is 0 Å². The fraction of sp³-hybridized carbons (Fsp3) is 0.300. The summed E-state index contributed by atoms with van der Waals surface area (Å²) in [5, 5.41) is 12.5. The zero-order valence-electron chi connectivity index (χ0n) is 8.13. The van der Waals surface area contributed by atoms with Gasteiger partial charge in [-0.2, -0.15) is 0 Å². The van der Waals surface area contributed by atoms with Crippen molar-refractivity contribution in [3.63, 3.8) is 0 Å². The van der Waals surface area contributed by atoms with Crippen LogP contribution >= 0.6 is 23.2 Å². The maximum Gasteiger partial charge on any atom is 0.305 e. The van der Waals surface area contributed by atoms with Gasteiger partial charge in [0.15, 0.2) is 0 Å². The number of halogens is 2. The van der Waals surface area contributed by atoms with Crippen molar-refractivity contribution in [3.8, 4) is 0 Å². The molecule has 1 rings (SSSR count). The van der Waals surface area contributed by atoms with Gasteiger partial charge in [0.25, 0.3) is 0 Å². The first-order valence-corrected chi connectivity index (χ1v) is 5.18. The predicted octanol–water partition coefficient (Wildman–Crippen LogP) is 3.27. The van der Waals surface area contributed by atoms with Crippen molar-refractivity contribution in [1.29, 1.82) is 0 Å². The van der Waals surface area contributed by atoms with E-state index in [1.807, 2.05) is 0 Å². The minimum atomic E-state index is -0.838. The molecule has 0 fully saturated rings. The molecule has 3 nitrogen and oxygen atoms in total. The summed E-state index contributed by atoms with van der Waals surface area (Å²) in [7, 11) is 0. The van der Waals surface area contributed by atoms with E-state index in [-0.39, 0.29) is 12.5 Å². The van der Waals surface area contributed by atoms with E-state index < -0.39 is 5.97 Å². The second-order valence-electron chi connectivity index (χ2n) is 3.27. The third kappa shape index (κ3) is 3.98. The van der Waals surface area contributed by atoms with Gasteiger partial charge in [0.05, 0.1) is 16.5 Å². The topological polar surface area (TPSA) is 49.3 Å². The first-order chi connectivity index (χ1) is 6.99. The number of benzene rings is 1. The van der Waals surface area contributed by atoms with Gasteiger partial charge in [-0.15, -0.1) is 0 Å². The van der Waals surface area contributed by atoms with Crippen LogP contribution < -0.4 is 5.32 Å². The smallest absolute Gasteiger partial charge is 0.305 e. The third-order valence-electron chi connectivity index (χ3n) is 1.81. The number of anilines is 1. The Morgan fingerprint density at radius 2 is 2.13 bits per heavy atom. The number of hydrogen-bond donors (Lipinski definition) is 2. The van der Waals surface area contributed by atoms with Gasteiger partial charge in [0, 0.05) is 11.7 Å². The molecule has 1 atom stereocenters. The van der Waals surface area contributed by atoms with Crippen LogP contribution in [0.3, 0.4) is 0 Å². The fourth-order valence-corrected chi connectivity index (χ4v) is 1.48. The van der Waals surface area contributed by atoms with Crippen LogP contribution in [0.15, 0.2) is 18.2 Å². The molecule has 0 aromatic heterocycles. The summed E-state index contributed by atoms with van der Waals surface area (Å²) in [5.41, 5.74) is 0.762. The molecule has 0 unspecified atom stereocenters. The third-order valence-corrected chi connectivity index (χ3v) is 2.55. The van der Waals surface area contributed by atoms with Crippen LogP contribution in [-0.2, 0) is 4.79 Å². The van der Waals surface area contributed by atoms with Crippen molar-refractivity contribution in [2.45, 2.75) is 19.4 Å². The van der Waals surface area contributed by atoms with Crippen LogP contribution in [0.2, 0.25) is 10.0 Å². The molecule has 0 aliphatic carbocycles. The summed E-state index contributed by atoms with van der Waals surface area (Å²) in [6.45, 7) is 1.79. The minimum Gasteiger partial charge on any atom is -0.481 e. The van der Waals surface area contributed by atoms with Gasteiger partial charge in [-0.1, -0.05) is 23.2 Å². The highest BCUT2D eigenvalue weighted by atomic mass is 35.5. The Balaban J connectivity index is 2.64. The number of carboxylic acid groups (broad SMARTS) is 1. The highest BCUT2D eigenvalue weighted by Crippen LogP contribution is 2.25. The normalized spacial score (nSPS) is 12.2. The molecule has 0 radical (unpaired) electrons. The van der Waals surface area contributed by atoms with E-state index in [1.165, 1.54) is 0 Å². The Kier molecular flexibility index (Phi) is 4.24. The molecule has 2 N–H and O–H groups in total. The lowest BCUT2D eigenvalue weighted by Crippen LogP contribution is -2.19. The van der Waals surface area contributed by atoms with Crippen LogP contribution in [0.5, 0.6) is 0 Å². The van der Waals surface area contributed by atoms with Gasteiger partial charge in [0.2, 0.25) is 0 Å². The van der Waals surface area contributed by atoms with Crippen molar-refractivity contribution >= 4 is 34.9 Å². The van der Waals surface area contributed by atoms with Gasteiger partial charge < -0.3 is 10.4 Å². The largest absolute Gasteiger partial charge is 0.481 e. The lowest BCUT2D eigenvalue weighted by molar-refractivity contribution is -0.137. The highest BCUT2D eigenvalue weighted by Gasteiger charge is 2.07. The van der Waals surface area contributed by atoms with Crippen molar-refractivity contribution in [3.05, 3.63) is 28.2 Å². The number of hydrogen-bond acceptors (Lipinski definition) is 2. The summed E-state index contributed by atoms with van der Waals surface area (Å²) >= 11 is 11.6. The first kappa shape index (κ1) is 12.1. The Morgan fingerprint density at radius 1 is 1.47 bits per heavy atom. The van der Waals surface area contributed by atoms with Crippen molar-refractivity contribution in [1.82, 2.24) is 0 Å². The zero-order chi connectivity index (χ0) is 11.4. The van der Waals surface area contributed by atoms with Crippen LogP contribution in [0.1, 0.15) is 13.3 Å². The maximum absolute atomic E-state index is 10.4. The molecule has 0 spiro atoms. The van der Waals surface area contributed by atoms with E-state index >= 15 is 0 Å². The van der Waals surface area contributed by atoms with E-state index in [0.717, 1.165) is 5.69 Å². The minimum absolute atomic E-state index is 0.0558. The molecule has 0 amide bonds. The Morgan fingerprint density at radius 3 is 2.67 bits per heavy atom. The molecule has 0 saturated heterocycles. The molecule has 0 aliphatic rings. The molecule has 15 heavy (non-hydrogen) atoms. The van der Waals surface area contributed by atoms with Gasteiger partial charge in [-0.05, 0) is 25.1 Å². The monoisotopic (exact) mass is 247 g/mol. The van der Waals surface area contributed by atoms with Gasteiger partial charge in [-0.3, -0.25) is 4.79 Å². The molecular weight excluding hydrogens is 237 g/mol. The number of carbonyl (C=O) groups is 1. The Hall–Kier alpha value is -0.930. The quantitative estimate of drug-likeness (QED) is 0.859. The molecule has 0 saturated carbocycles. The van der Waals surface area contributed by atoms with Crippen LogP contribution in [-0.4, -0.2) is 17.1 Å². The Bertz CT molecular complexity index is 368. The SMILES string of the molecule is C[C@H](CC(=O)O)Nc1ccc(Cl)c(Cl)c1. The fourth-order valence-electron chi connectivity index (χ4n) is 1.18. The number of rotatable bonds is 4. The second-order valence-corrected chi connectivity index (χ2v) is 4.09. The predicted molar refractivity (Wildman–Crippen MR) is 61.8 cm³/mol.